The first kappa shape index (κ1) is 21.5. The van der Waals surface area contributed by atoms with E-state index < -0.39 is 0 Å². The molecule has 2 aromatic carbocycles. The summed E-state index contributed by atoms with van der Waals surface area (Å²) in [7, 11) is 0. The Labute approximate surface area is 180 Å². The number of aromatic nitrogens is 1. The molecular weight excluding hydrogens is 404 g/mol. The normalized spacial score (nSPS) is 10.5. The Bertz CT molecular complexity index is 1090. The number of carbonyl (C=O) groups excluding carboxylic acids is 1. The van der Waals surface area contributed by atoms with Gasteiger partial charge in [0, 0.05) is 23.4 Å². The molecule has 1 N–H and O–H groups in total. The van der Waals surface area contributed by atoms with Crippen LogP contribution in [0.3, 0.4) is 0 Å². The van der Waals surface area contributed by atoms with E-state index in [9.17, 15) is 9.59 Å². The molecule has 1 amide bonds. The quantitative estimate of drug-likeness (QED) is 0.571. The lowest BCUT2D eigenvalue weighted by Gasteiger charge is -2.14. The summed E-state index contributed by atoms with van der Waals surface area (Å²) in [6.07, 6.45) is 1.52. The molecule has 1 heterocycles. The average molecular weight is 427 g/mol. The van der Waals surface area contributed by atoms with Gasteiger partial charge < -0.3 is 19.4 Å². The molecule has 0 aliphatic rings. The van der Waals surface area contributed by atoms with Crippen molar-refractivity contribution in [2.24, 2.45) is 0 Å². The smallest absolute Gasteiger partial charge is 0.257 e. The number of halogens is 1. The second-order valence-electron chi connectivity index (χ2n) is 6.45. The van der Waals surface area contributed by atoms with Gasteiger partial charge in [-0.3, -0.25) is 9.59 Å². The lowest BCUT2D eigenvalue weighted by molar-refractivity contribution is 0.102. The molecule has 156 valence electrons. The highest BCUT2D eigenvalue weighted by Gasteiger charge is 2.13. The molecule has 0 atom stereocenters. The fourth-order valence-corrected chi connectivity index (χ4v) is 3.13. The number of hydrogen-bond acceptors (Lipinski definition) is 4. The van der Waals surface area contributed by atoms with Crippen LogP contribution in [0.5, 0.6) is 11.5 Å². The van der Waals surface area contributed by atoms with Gasteiger partial charge in [-0.15, -0.1) is 0 Å². The summed E-state index contributed by atoms with van der Waals surface area (Å²) in [5.74, 6) is 0.802. The van der Waals surface area contributed by atoms with Crippen LogP contribution < -0.4 is 20.3 Å². The standard InChI is InChI=1S/C23H23ClN2O4/c1-3-29-18-10-11-21(30-4-2)20(13-18)25-23(28)17-9-12-22(27)26(15-17)14-16-7-5-6-8-19(16)24/h5-13,15H,3-4,14H2,1-2H3,(H,25,28). The third-order valence-corrected chi connectivity index (χ3v) is 4.72. The largest absolute Gasteiger partial charge is 0.494 e. The molecule has 0 spiro atoms. The maximum Gasteiger partial charge on any atom is 0.257 e. The van der Waals surface area contributed by atoms with Crippen LogP contribution >= 0.6 is 11.6 Å². The zero-order valence-electron chi connectivity index (χ0n) is 16.9. The number of nitrogens with zero attached hydrogens (tertiary/aromatic N) is 1. The van der Waals surface area contributed by atoms with Crippen LogP contribution in [0, 0.1) is 0 Å². The lowest BCUT2D eigenvalue weighted by atomic mass is 10.2. The first-order valence-corrected chi connectivity index (χ1v) is 10.0. The topological polar surface area (TPSA) is 69.6 Å². The van der Waals surface area contributed by atoms with E-state index in [4.69, 9.17) is 21.1 Å². The van der Waals surface area contributed by atoms with E-state index in [0.29, 0.717) is 41.0 Å². The summed E-state index contributed by atoms with van der Waals surface area (Å²) < 4.78 is 12.6. The van der Waals surface area contributed by atoms with Gasteiger partial charge in [-0.05, 0) is 43.7 Å². The summed E-state index contributed by atoms with van der Waals surface area (Å²) in [5, 5.41) is 3.41. The summed E-state index contributed by atoms with van der Waals surface area (Å²) in [4.78, 5) is 25.1. The molecule has 0 saturated heterocycles. The Morgan fingerprint density at radius 2 is 1.80 bits per heavy atom. The van der Waals surface area contributed by atoms with Crippen LogP contribution in [0.4, 0.5) is 5.69 Å². The number of pyridine rings is 1. The Kier molecular flexibility index (Phi) is 7.14. The van der Waals surface area contributed by atoms with Gasteiger partial charge in [-0.2, -0.15) is 0 Å². The fraction of sp³-hybridized carbons (Fsp3) is 0.217. The second kappa shape index (κ2) is 9.98. The molecule has 3 aromatic rings. The number of rotatable bonds is 8. The predicted octanol–water partition coefficient (Wildman–Crippen LogP) is 4.60. The molecule has 1 aromatic heterocycles. The van der Waals surface area contributed by atoms with Gasteiger partial charge in [0.15, 0.2) is 0 Å². The van der Waals surface area contributed by atoms with Crippen LogP contribution in [-0.2, 0) is 6.54 Å². The van der Waals surface area contributed by atoms with Gasteiger partial charge >= 0.3 is 0 Å². The fourth-order valence-electron chi connectivity index (χ4n) is 2.94. The monoisotopic (exact) mass is 426 g/mol. The minimum Gasteiger partial charge on any atom is -0.494 e. The molecule has 0 aliphatic heterocycles. The number of anilines is 1. The minimum absolute atomic E-state index is 0.222. The van der Waals surface area contributed by atoms with E-state index in [1.54, 1.807) is 24.3 Å². The zero-order chi connectivity index (χ0) is 21.5. The van der Waals surface area contributed by atoms with Crippen LogP contribution in [0.1, 0.15) is 29.8 Å². The van der Waals surface area contributed by atoms with Crippen molar-refractivity contribution in [3.05, 3.63) is 87.3 Å². The third kappa shape index (κ3) is 5.21. The Balaban J connectivity index is 1.86. The van der Waals surface area contributed by atoms with E-state index in [1.165, 1.54) is 22.9 Å². The minimum atomic E-state index is -0.363. The van der Waals surface area contributed by atoms with Gasteiger partial charge in [0.25, 0.3) is 11.5 Å². The van der Waals surface area contributed by atoms with Gasteiger partial charge in [0.05, 0.1) is 31.0 Å². The summed E-state index contributed by atoms with van der Waals surface area (Å²) in [6.45, 7) is 4.99. The van der Waals surface area contributed by atoms with E-state index in [2.05, 4.69) is 5.32 Å². The van der Waals surface area contributed by atoms with E-state index >= 15 is 0 Å². The average Bonchev–Trinajstić information content (AvgIpc) is 2.73. The first-order valence-electron chi connectivity index (χ1n) is 9.66. The molecule has 0 aliphatic carbocycles. The van der Waals surface area contributed by atoms with Gasteiger partial charge in [-0.1, -0.05) is 29.8 Å². The molecule has 0 fully saturated rings. The van der Waals surface area contributed by atoms with Crippen LogP contribution in [-0.4, -0.2) is 23.7 Å². The van der Waals surface area contributed by atoms with Crippen molar-refractivity contribution in [3.63, 3.8) is 0 Å². The maximum absolute atomic E-state index is 12.9. The van der Waals surface area contributed by atoms with Crippen molar-refractivity contribution in [2.45, 2.75) is 20.4 Å². The van der Waals surface area contributed by atoms with Crippen molar-refractivity contribution in [1.82, 2.24) is 4.57 Å². The van der Waals surface area contributed by atoms with E-state index in [1.807, 2.05) is 32.0 Å². The van der Waals surface area contributed by atoms with E-state index in [0.717, 1.165) is 5.56 Å². The highest BCUT2D eigenvalue weighted by atomic mass is 35.5. The van der Waals surface area contributed by atoms with Crippen LogP contribution in [0.2, 0.25) is 5.02 Å². The number of amides is 1. The number of nitrogens with one attached hydrogen (secondary N) is 1. The molecule has 0 unspecified atom stereocenters. The summed E-state index contributed by atoms with van der Waals surface area (Å²) >= 11 is 6.20. The van der Waals surface area contributed by atoms with Gasteiger partial charge in [0.1, 0.15) is 11.5 Å². The van der Waals surface area contributed by atoms with Crippen LogP contribution in [0.25, 0.3) is 0 Å². The Morgan fingerprint density at radius 1 is 1.03 bits per heavy atom. The number of hydrogen-bond donors (Lipinski definition) is 1. The highest BCUT2D eigenvalue weighted by Crippen LogP contribution is 2.30. The molecule has 30 heavy (non-hydrogen) atoms. The maximum atomic E-state index is 12.9. The van der Waals surface area contributed by atoms with Crippen LogP contribution in [0.15, 0.2) is 65.6 Å². The first-order chi connectivity index (χ1) is 14.5. The van der Waals surface area contributed by atoms with Crippen molar-refractivity contribution >= 4 is 23.2 Å². The van der Waals surface area contributed by atoms with E-state index in [-0.39, 0.29) is 18.0 Å². The Hall–Kier alpha value is -3.25. The molecule has 3 rings (SSSR count). The molecule has 0 bridgehead atoms. The molecule has 7 heteroatoms. The highest BCUT2D eigenvalue weighted by molar-refractivity contribution is 6.31. The van der Waals surface area contributed by atoms with Crippen molar-refractivity contribution < 1.29 is 14.3 Å². The summed E-state index contributed by atoms with van der Waals surface area (Å²) in [5.41, 5.74) is 1.41. The number of ether oxygens (including phenoxy) is 2. The molecular formula is C23H23ClN2O4. The Morgan fingerprint density at radius 3 is 2.53 bits per heavy atom. The predicted molar refractivity (Wildman–Crippen MR) is 118 cm³/mol. The van der Waals surface area contributed by atoms with Gasteiger partial charge in [-0.25, -0.2) is 0 Å². The summed E-state index contributed by atoms with van der Waals surface area (Å²) in [6, 6.07) is 15.4. The van der Waals surface area contributed by atoms with Crippen molar-refractivity contribution in [1.29, 1.82) is 0 Å². The lowest BCUT2D eigenvalue weighted by Crippen LogP contribution is -2.22. The molecule has 0 saturated carbocycles. The second-order valence-corrected chi connectivity index (χ2v) is 6.86. The number of carbonyl (C=O) groups is 1. The van der Waals surface area contributed by atoms with Crippen molar-refractivity contribution in [3.8, 4) is 11.5 Å². The number of benzene rings is 2. The zero-order valence-corrected chi connectivity index (χ0v) is 17.6. The molecule has 6 nitrogen and oxygen atoms in total. The van der Waals surface area contributed by atoms with Crippen molar-refractivity contribution in [2.75, 3.05) is 18.5 Å². The molecule has 0 radical (unpaired) electrons. The van der Waals surface area contributed by atoms with Gasteiger partial charge in [0.2, 0.25) is 0 Å². The third-order valence-electron chi connectivity index (χ3n) is 4.35. The SMILES string of the molecule is CCOc1ccc(OCC)c(NC(=O)c2ccc(=O)n(Cc3ccccc3Cl)c2)c1.